The molecule has 0 aromatic heterocycles. The smallest absolute Gasteiger partial charge is 0.410 e. The molecule has 1 aromatic carbocycles. The molecule has 35 heavy (non-hydrogen) atoms. The van der Waals surface area contributed by atoms with Crippen LogP contribution < -0.4 is 14.5 Å². The first-order valence-corrected chi connectivity index (χ1v) is 12.5. The molecule has 2 aliphatic rings. The molecule has 3 rings (SSSR count). The van der Waals surface area contributed by atoms with E-state index in [1.165, 1.54) is 0 Å². The number of anilines is 2. The molecule has 1 fully saturated rings. The van der Waals surface area contributed by atoms with E-state index >= 15 is 0 Å². The van der Waals surface area contributed by atoms with Crippen molar-refractivity contribution in [3.63, 3.8) is 0 Å². The number of ether oxygens (including phenoxy) is 3. The van der Waals surface area contributed by atoms with Crippen molar-refractivity contribution in [2.24, 2.45) is 0 Å². The van der Waals surface area contributed by atoms with Crippen LogP contribution >= 0.6 is 0 Å². The van der Waals surface area contributed by atoms with E-state index in [0.29, 0.717) is 44.1 Å². The van der Waals surface area contributed by atoms with Gasteiger partial charge in [-0.3, -0.25) is 9.59 Å². The quantitative estimate of drug-likeness (QED) is 0.437. The molecule has 0 atom stereocenters. The molecule has 0 unspecified atom stereocenters. The first-order chi connectivity index (χ1) is 16.6. The van der Waals surface area contributed by atoms with Gasteiger partial charge in [0.15, 0.2) is 6.61 Å². The van der Waals surface area contributed by atoms with E-state index in [2.05, 4.69) is 0 Å². The van der Waals surface area contributed by atoms with E-state index in [9.17, 15) is 14.4 Å². The number of methoxy groups -OCH3 is 1. The molecule has 0 radical (unpaired) electrons. The number of nitrogens with zero attached hydrogens (tertiary/aromatic N) is 3. The largest absolute Gasteiger partial charge is 0.482 e. The Bertz CT molecular complexity index is 909. The Hall–Kier alpha value is -2.81. The highest BCUT2D eigenvalue weighted by molar-refractivity contribution is 6.00. The van der Waals surface area contributed by atoms with Crippen LogP contribution in [-0.2, 0) is 19.1 Å². The molecule has 1 aliphatic heterocycles. The highest BCUT2D eigenvalue weighted by Crippen LogP contribution is 2.39. The maximum absolute atomic E-state index is 13.4. The Labute approximate surface area is 208 Å². The third kappa shape index (κ3) is 7.34. The summed E-state index contributed by atoms with van der Waals surface area (Å²) in [6.45, 7) is 9.38. The van der Waals surface area contributed by atoms with Crippen molar-refractivity contribution in [1.29, 1.82) is 0 Å². The number of rotatable bonds is 11. The molecule has 1 aromatic rings. The van der Waals surface area contributed by atoms with Crippen LogP contribution in [0.1, 0.15) is 59.8 Å². The zero-order chi connectivity index (χ0) is 25.6. The van der Waals surface area contributed by atoms with Crippen molar-refractivity contribution in [1.82, 2.24) is 4.90 Å². The van der Waals surface area contributed by atoms with Gasteiger partial charge in [-0.25, -0.2) is 4.79 Å². The summed E-state index contributed by atoms with van der Waals surface area (Å²) in [5.74, 6) is 0.474. The van der Waals surface area contributed by atoms with Gasteiger partial charge in [0, 0.05) is 51.5 Å². The lowest BCUT2D eigenvalue weighted by atomic mass is 10.1. The molecular formula is C26H39N3O6. The van der Waals surface area contributed by atoms with Crippen LogP contribution in [0.2, 0.25) is 0 Å². The van der Waals surface area contributed by atoms with Crippen LogP contribution in [0, 0.1) is 0 Å². The highest BCUT2D eigenvalue weighted by atomic mass is 16.6. The van der Waals surface area contributed by atoms with Crippen LogP contribution in [0.4, 0.5) is 16.2 Å². The van der Waals surface area contributed by atoms with E-state index in [1.807, 2.05) is 50.8 Å². The average molecular weight is 490 g/mol. The Balaban J connectivity index is 1.75. The molecule has 3 amide bonds. The monoisotopic (exact) mass is 489 g/mol. The summed E-state index contributed by atoms with van der Waals surface area (Å²) in [7, 11) is 1.64. The lowest BCUT2D eigenvalue weighted by molar-refractivity contribution is -0.121. The van der Waals surface area contributed by atoms with Crippen molar-refractivity contribution in [3.05, 3.63) is 18.2 Å². The SMILES string of the molecule is CCCN(CCC(=O)N(c1ccc2c(c1)N(CCCOC)C(=O)CO2)C1CC1)C(=O)OC(C)(C)C. The second kappa shape index (κ2) is 11.7. The van der Waals surface area contributed by atoms with Crippen LogP contribution in [0.15, 0.2) is 18.2 Å². The molecule has 1 saturated carbocycles. The van der Waals surface area contributed by atoms with Crippen molar-refractivity contribution >= 4 is 29.3 Å². The maximum atomic E-state index is 13.4. The van der Waals surface area contributed by atoms with Gasteiger partial charge in [-0.05, 0) is 64.7 Å². The summed E-state index contributed by atoms with van der Waals surface area (Å²) in [6.07, 6.45) is 3.13. The predicted molar refractivity (Wildman–Crippen MR) is 134 cm³/mol. The Morgan fingerprint density at radius 1 is 1.20 bits per heavy atom. The molecule has 0 bridgehead atoms. The number of hydrogen-bond donors (Lipinski definition) is 0. The minimum Gasteiger partial charge on any atom is -0.482 e. The lowest BCUT2D eigenvalue weighted by Crippen LogP contribution is -2.41. The van der Waals surface area contributed by atoms with Crippen LogP contribution in [0.25, 0.3) is 0 Å². The molecular weight excluding hydrogens is 450 g/mol. The van der Waals surface area contributed by atoms with Crippen LogP contribution in [0.5, 0.6) is 5.75 Å². The lowest BCUT2D eigenvalue weighted by Gasteiger charge is -2.32. The van der Waals surface area contributed by atoms with E-state index < -0.39 is 11.7 Å². The number of fused-ring (bicyclic) bond motifs is 1. The summed E-state index contributed by atoms with van der Waals surface area (Å²) in [5, 5.41) is 0. The molecule has 1 heterocycles. The van der Waals surface area contributed by atoms with Gasteiger partial charge in [0.25, 0.3) is 5.91 Å². The minimum atomic E-state index is -0.592. The standard InChI is InChI=1S/C26H39N3O6/c1-6-13-27(25(32)35-26(2,3)4)15-12-23(30)29(19-8-9-19)20-10-11-22-21(17-20)28(14-7-16-33-5)24(31)18-34-22/h10-11,17,19H,6-9,12-16,18H2,1-5H3. The van der Waals surface area contributed by atoms with E-state index in [0.717, 1.165) is 24.9 Å². The third-order valence-electron chi connectivity index (χ3n) is 5.82. The fourth-order valence-corrected chi connectivity index (χ4v) is 4.09. The first-order valence-electron chi connectivity index (χ1n) is 12.5. The number of hydrogen-bond acceptors (Lipinski definition) is 6. The number of carbonyl (C=O) groups excluding carboxylic acids is 3. The maximum Gasteiger partial charge on any atom is 0.410 e. The van der Waals surface area contributed by atoms with Crippen LogP contribution in [-0.4, -0.2) is 74.4 Å². The fraction of sp³-hybridized carbons (Fsp3) is 0.654. The second-order valence-electron chi connectivity index (χ2n) is 10.0. The predicted octanol–water partition coefficient (Wildman–Crippen LogP) is 3.98. The fourth-order valence-electron chi connectivity index (χ4n) is 4.09. The Morgan fingerprint density at radius 3 is 2.57 bits per heavy atom. The van der Waals surface area contributed by atoms with Crippen molar-refractivity contribution < 1.29 is 28.6 Å². The topological polar surface area (TPSA) is 88.6 Å². The van der Waals surface area contributed by atoms with Gasteiger partial charge in [0.1, 0.15) is 11.4 Å². The molecule has 0 N–H and O–H groups in total. The number of amides is 3. The summed E-state index contributed by atoms with van der Waals surface area (Å²) < 4.78 is 16.3. The van der Waals surface area contributed by atoms with Crippen LogP contribution in [0.3, 0.4) is 0 Å². The molecule has 0 saturated heterocycles. The van der Waals surface area contributed by atoms with Gasteiger partial charge in [-0.15, -0.1) is 0 Å². The van der Waals surface area contributed by atoms with Gasteiger partial charge in [0.05, 0.1) is 5.69 Å². The molecule has 9 heteroatoms. The van der Waals surface area contributed by atoms with E-state index in [-0.39, 0.29) is 30.9 Å². The average Bonchev–Trinajstić information content (AvgIpc) is 3.62. The molecule has 1 aliphatic carbocycles. The molecule has 0 spiro atoms. The third-order valence-corrected chi connectivity index (χ3v) is 5.82. The summed E-state index contributed by atoms with van der Waals surface area (Å²) in [5.41, 5.74) is 0.825. The first kappa shape index (κ1) is 26.8. The van der Waals surface area contributed by atoms with Crippen molar-refractivity contribution in [2.75, 3.05) is 49.8 Å². The normalized spacial score (nSPS) is 15.3. The summed E-state index contributed by atoms with van der Waals surface area (Å²) in [4.78, 5) is 43.7. The second-order valence-corrected chi connectivity index (χ2v) is 10.0. The number of benzene rings is 1. The zero-order valence-corrected chi connectivity index (χ0v) is 21.7. The van der Waals surface area contributed by atoms with Gasteiger partial charge in [0.2, 0.25) is 5.91 Å². The molecule has 9 nitrogen and oxygen atoms in total. The van der Waals surface area contributed by atoms with E-state index in [1.54, 1.807) is 16.9 Å². The summed E-state index contributed by atoms with van der Waals surface area (Å²) in [6, 6.07) is 5.69. The van der Waals surface area contributed by atoms with E-state index in [4.69, 9.17) is 14.2 Å². The summed E-state index contributed by atoms with van der Waals surface area (Å²) >= 11 is 0. The minimum absolute atomic E-state index is 0.00251. The highest BCUT2D eigenvalue weighted by Gasteiger charge is 2.35. The molecule has 194 valence electrons. The van der Waals surface area contributed by atoms with Crippen molar-refractivity contribution in [2.45, 2.75) is 71.4 Å². The van der Waals surface area contributed by atoms with Gasteiger partial charge >= 0.3 is 6.09 Å². The van der Waals surface area contributed by atoms with Gasteiger partial charge in [-0.2, -0.15) is 0 Å². The Morgan fingerprint density at radius 2 is 1.94 bits per heavy atom. The Kier molecular flexibility index (Phi) is 8.99. The van der Waals surface area contributed by atoms with Crippen molar-refractivity contribution in [3.8, 4) is 5.75 Å². The van der Waals surface area contributed by atoms with Gasteiger partial charge in [-0.1, -0.05) is 6.92 Å². The van der Waals surface area contributed by atoms with Gasteiger partial charge < -0.3 is 28.9 Å². The number of carbonyl (C=O) groups is 3. The zero-order valence-electron chi connectivity index (χ0n) is 21.7.